The van der Waals surface area contributed by atoms with Crippen LogP contribution in [0, 0.1) is 9.39 Å². The van der Waals surface area contributed by atoms with Crippen molar-refractivity contribution in [1.29, 1.82) is 0 Å². The van der Waals surface area contributed by atoms with Gasteiger partial charge in [-0.25, -0.2) is 9.37 Å². The zero-order valence-electron chi connectivity index (χ0n) is 14.7. The Balaban J connectivity index is 1.61. The Morgan fingerprint density at radius 2 is 2.19 bits per heavy atom. The molecule has 1 N–H and O–H groups in total. The van der Waals surface area contributed by atoms with Crippen LogP contribution in [0.2, 0.25) is 0 Å². The Morgan fingerprint density at radius 1 is 1.33 bits per heavy atom. The largest absolute Gasteiger partial charge is 0.496 e. The van der Waals surface area contributed by atoms with Crippen LogP contribution in [-0.4, -0.2) is 34.1 Å². The highest BCUT2D eigenvalue weighted by molar-refractivity contribution is 14.1. The molecule has 3 rings (SSSR count). The molecule has 0 aliphatic heterocycles. The first-order valence-electron chi connectivity index (χ1n) is 8.33. The van der Waals surface area contributed by atoms with Crippen LogP contribution >= 0.6 is 22.6 Å². The van der Waals surface area contributed by atoms with Crippen LogP contribution < -0.4 is 10.1 Å². The van der Waals surface area contributed by atoms with Crippen LogP contribution in [-0.2, 0) is 6.42 Å². The SMILES string of the molecule is COc1ccc(-n2ccnc2C(=O)NCCCc2cncc(F)c2)cc1I. The zero-order valence-corrected chi connectivity index (χ0v) is 16.8. The molecule has 140 valence electrons. The fourth-order valence-corrected chi connectivity index (χ4v) is 3.37. The quantitative estimate of drug-likeness (QED) is 0.416. The summed E-state index contributed by atoms with van der Waals surface area (Å²) in [5.74, 6) is 0.469. The second-order valence-corrected chi connectivity index (χ2v) is 6.97. The van der Waals surface area contributed by atoms with E-state index in [4.69, 9.17) is 4.74 Å². The van der Waals surface area contributed by atoms with E-state index in [1.807, 2.05) is 18.2 Å². The number of hydrogen-bond acceptors (Lipinski definition) is 4. The summed E-state index contributed by atoms with van der Waals surface area (Å²) in [5, 5.41) is 2.85. The van der Waals surface area contributed by atoms with Gasteiger partial charge in [-0.1, -0.05) is 0 Å². The summed E-state index contributed by atoms with van der Waals surface area (Å²) in [6.07, 6.45) is 7.44. The van der Waals surface area contributed by atoms with Crippen LogP contribution in [0.4, 0.5) is 4.39 Å². The molecule has 2 aromatic heterocycles. The van der Waals surface area contributed by atoms with Gasteiger partial charge in [-0.15, -0.1) is 0 Å². The first-order chi connectivity index (χ1) is 13.1. The minimum atomic E-state index is -0.354. The van der Waals surface area contributed by atoms with Crippen molar-refractivity contribution >= 4 is 28.5 Å². The molecule has 0 aliphatic carbocycles. The maximum atomic E-state index is 13.1. The molecule has 1 amide bonds. The van der Waals surface area contributed by atoms with Crippen LogP contribution in [0.1, 0.15) is 22.6 Å². The van der Waals surface area contributed by atoms with Gasteiger partial charge >= 0.3 is 0 Å². The normalized spacial score (nSPS) is 10.6. The fraction of sp³-hybridized carbons (Fsp3) is 0.211. The van der Waals surface area contributed by atoms with Gasteiger partial charge in [0.1, 0.15) is 11.6 Å². The third kappa shape index (κ3) is 4.82. The van der Waals surface area contributed by atoms with Gasteiger partial charge in [0.15, 0.2) is 0 Å². The second kappa shape index (κ2) is 8.94. The van der Waals surface area contributed by atoms with Crippen molar-refractivity contribution in [2.24, 2.45) is 0 Å². The van der Waals surface area contributed by atoms with Gasteiger partial charge in [-0.3, -0.25) is 14.3 Å². The minimum Gasteiger partial charge on any atom is -0.496 e. The van der Waals surface area contributed by atoms with E-state index in [-0.39, 0.29) is 11.7 Å². The number of amides is 1. The smallest absolute Gasteiger partial charge is 0.287 e. The lowest BCUT2D eigenvalue weighted by Gasteiger charge is -2.10. The summed E-state index contributed by atoms with van der Waals surface area (Å²) < 4.78 is 21.1. The lowest BCUT2D eigenvalue weighted by Crippen LogP contribution is -2.27. The van der Waals surface area contributed by atoms with Gasteiger partial charge in [0.2, 0.25) is 5.82 Å². The molecule has 0 fully saturated rings. The summed E-state index contributed by atoms with van der Waals surface area (Å²) >= 11 is 2.18. The number of aromatic nitrogens is 3. The molecular formula is C19H18FIN4O2. The Hall–Kier alpha value is -2.49. The standard InChI is InChI=1S/C19H18FIN4O2/c1-27-17-5-4-15(10-16(17)21)25-8-7-23-18(25)19(26)24-6-2-3-13-9-14(20)12-22-11-13/h4-5,7-12H,2-3,6H2,1H3,(H,24,26). The molecule has 2 heterocycles. The van der Waals surface area contributed by atoms with E-state index in [9.17, 15) is 9.18 Å². The topological polar surface area (TPSA) is 69.0 Å². The average Bonchev–Trinajstić information content (AvgIpc) is 3.15. The summed E-state index contributed by atoms with van der Waals surface area (Å²) in [6.45, 7) is 0.461. The number of carbonyl (C=O) groups is 1. The van der Waals surface area contributed by atoms with Crippen LogP contribution in [0.5, 0.6) is 5.75 Å². The van der Waals surface area contributed by atoms with Gasteiger partial charge in [0.05, 0.1) is 16.9 Å². The molecule has 6 nitrogen and oxygen atoms in total. The van der Waals surface area contributed by atoms with Crippen LogP contribution in [0.25, 0.3) is 5.69 Å². The average molecular weight is 480 g/mol. The highest BCUT2D eigenvalue weighted by Crippen LogP contribution is 2.24. The van der Waals surface area contributed by atoms with E-state index in [2.05, 4.69) is 37.9 Å². The third-order valence-electron chi connectivity index (χ3n) is 3.95. The summed E-state index contributed by atoms with van der Waals surface area (Å²) in [4.78, 5) is 20.5. The number of rotatable bonds is 7. The number of aryl methyl sites for hydroxylation is 1. The molecular weight excluding hydrogens is 462 g/mol. The van der Waals surface area contributed by atoms with Gasteiger partial charge in [-0.2, -0.15) is 0 Å². The molecule has 0 spiro atoms. The highest BCUT2D eigenvalue weighted by atomic mass is 127. The number of hydrogen-bond donors (Lipinski definition) is 1. The van der Waals surface area contributed by atoms with E-state index in [0.29, 0.717) is 25.2 Å². The number of benzene rings is 1. The number of nitrogens with one attached hydrogen (secondary N) is 1. The Kier molecular flexibility index (Phi) is 6.38. The molecule has 0 radical (unpaired) electrons. The molecule has 0 saturated carbocycles. The summed E-state index contributed by atoms with van der Waals surface area (Å²) in [7, 11) is 1.62. The highest BCUT2D eigenvalue weighted by Gasteiger charge is 2.14. The summed E-state index contributed by atoms with van der Waals surface area (Å²) in [5.41, 5.74) is 1.63. The maximum Gasteiger partial charge on any atom is 0.287 e. The predicted molar refractivity (Wildman–Crippen MR) is 108 cm³/mol. The first-order valence-corrected chi connectivity index (χ1v) is 9.41. The number of ether oxygens (including phenoxy) is 1. The van der Waals surface area contributed by atoms with E-state index >= 15 is 0 Å². The van der Waals surface area contributed by atoms with Crippen molar-refractivity contribution in [3.63, 3.8) is 0 Å². The molecule has 3 aromatic rings. The number of carbonyl (C=O) groups excluding carboxylic acids is 1. The fourth-order valence-electron chi connectivity index (χ4n) is 2.65. The zero-order chi connectivity index (χ0) is 19.2. The molecule has 1 aromatic carbocycles. The van der Waals surface area contributed by atoms with E-state index < -0.39 is 0 Å². The Bertz CT molecular complexity index is 945. The van der Waals surface area contributed by atoms with Crippen molar-refractivity contribution in [3.05, 3.63) is 69.8 Å². The second-order valence-electron chi connectivity index (χ2n) is 5.81. The number of pyridine rings is 1. The van der Waals surface area contributed by atoms with Gasteiger partial charge in [0, 0.05) is 30.8 Å². The van der Waals surface area contributed by atoms with Crippen LogP contribution in [0.15, 0.2) is 49.1 Å². The molecule has 0 atom stereocenters. The molecule has 8 heteroatoms. The minimum absolute atomic E-state index is 0.261. The van der Waals surface area contributed by atoms with Crippen LogP contribution in [0.3, 0.4) is 0 Å². The number of methoxy groups -OCH3 is 1. The van der Waals surface area contributed by atoms with Gasteiger partial charge in [-0.05, 0) is 65.3 Å². The lowest BCUT2D eigenvalue weighted by molar-refractivity contribution is 0.0941. The van der Waals surface area contributed by atoms with E-state index in [0.717, 1.165) is 20.6 Å². The number of nitrogens with zero attached hydrogens (tertiary/aromatic N) is 3. The number of imidazole rings is 1. The molecule has 0 bridgehead atoms. The first kappa shape index (κ1) is 19.3. The van der Waals surface area contributed by atoms with Gasteiger partial charge < -0.3 is 10.1 Å². The maximum absolute atomic E-state index is 13.1. The van der Waals surface area contributed by atoms with E-state index in [1.165, 1.54) is 12.3 Å². The lowest BCUT2D eigenvalue weighted by atomic mass is 10.1. The van der Waals surface area contributed by atoms with E-state index in [1.54, 1.807) is 30.3 Å². The van der Waals surface area contributed by atoms with Crippen molar-refractivity contribution in [2.45, 2.75) is 12.8 Å². The van der Waals surface area contributed by atoms with Crippen molar-refractivity contribution in [1.82, 2.24) is 19.9 Å². The van der Waals surface area contributed by atoms with Crippen molar-refractivity contribution < 1.29 is 13.9 Å². The predicted octanol–water partition coefficient (Wildman–Crippen LogP) is 3.38. The van der Waals surface area contributed by atoms with Crippen molar-refractivity contribution in [3.8, 4) is 11.4 Å². The van der Waals surface area contributed by atoms with Gasteiger partial charge in [0.25, 0.3) is 5.91 Å². The Labute approximate surface area is 169 Å². The molecule has 0 aliphatic rings. The summed E-state index contributed by atoms with van der Waals surface area (Å²) in [6, 6.07) is 7.10. The molecule has 0 unspecified atom stereocenters. The Morgan fingerprint density at radius 3 is 2.93 bits per heavy atom. The molecule has 0 saturated heterocycles. The van der Waals surface area contributed by atoms with Crippen molar-refractivity contribution in [2.75, 3.05) is 13.7 Å². The monoisotopic (exact) mass is 480 g/mol. The number of halogens is 2. The molecule has 27 heavy (non-hydrogen) atoms. The third-order valence-corrected chi connectivity index (χ3v) is 4.79.